The lowest BCUT2D eigenvalue weighted by Gasteiger charge is -2.11. The summed E-state index contributed by atoms with van der Waals surface area (Å²) in [6.07, 6.45) is 2.81. The summed E-state index contributed by atoms with van der Waals surface area (Å²) in [5.41, 5.74) is 3.45. The Labute approximate surface area is 166 Å². The van der Waals surface area contributed by atoms with Crippen molar-refractivity contribution in [3.8, 4) is 5.75 Å². The summed E-state index contributed by atoms with van der Waals surface area (Å²) >= 11 is 7.57. The standard InChI is InChI=1S/C18H20ClN5O2S/c1-10-13(11(2)24-17(20-10)22-18(23-24)27-4)6-8-16(25)21-12-5-7-15(26-3)14(19)9-12/h5,7,9H,6,8H2,1-4H3,(H,21,25). The van der Waals surface area contributed by atoms with Gasteiger partial charge >= 0.3 is 0 Å². The van der Waals surface area contributed by atoms with E-state index in [1.54, 1.807) is 29.8 Å². The molecule has 9 heteroatoms. The molecule has 27 heavy (non-hydrogen) atoms. The van der Waals surface area contributed by atoms with Gasteiger partial charge in [0.05, 0.1) is 12.1 Å². The SMILES string of the molecule is COc1ccc(NC(=O)CCc2c(C)nc3nc(SC)nn3c2C)cc1Cl. The Balaban J connectivity index is 1.72. The van der Waals surface area contributed by atoms with Gasteiger partial charge in [-0.15, -0.1) is 5.10 Å². The van der Waals surface area contributed by atoms with Gasteiger partial charge in [0.25, 0.3) is 5.78 Å². The number of benzene rings is 1. The number of nitrogens with zero attached hydrogens (tertiary/aromatic N) is 4. The van der Waals surface area contributed by atoms with Crippen LogP contribution in [0.15, 0.2) is 23.4 Å². The molecule has 0 radical (unpaired) electrons. The molecule has 0 aliphatic heterocycles. The van der Waals surface area contributed by atoms with Gasteiger partial charge in [-0.05, 0) is 50.3 Å². The van der Waals surface area contributed by atoms with Crippen LogP contribution in [0.3, 0.4) is 0 Å². The van der Waals surface area contributed by atoms with Gasteiger partial charge in [0, 0.05) is 23.5 Å². The molecule has 7 nitrogen and oxygen atoms in total. The van der Waals surface area contributed by atoms with Crippen LogP contribution in [0.4, 0.5) is 5.69 Å². The number of fused-ring (bicyclic) bond motifs is 1. The van der Waals surface area contributed by atoms with Crippen molar-refractivity contribution in [1.29, 1.82) is 0 Å². The van der Waals surface area contributed by atoms with Crippen molar-refractivity contribution in [2.24, 2.45) is 0 Å². The molecular formula is C18H20ClN5O2S. The zero-order valence-corrected chi connectivity index (χ0v) is 17.1. The second kappa shape index (κ2) is 8.14. The minimum Gasteiger partial charge on any atom is -0.495 e. The first-order chi connectivity index (χ1) is 12.9. The maximum Gasteiger partial charge on any atom is 0.253 e. The first-order valence-corrected chi connectivity index (χ1v) is 9.93. The Kier molecular flexibility index (Phi) is 5.86. The summed E-state index contributed by atoms with van der Waals surface area (Å²) < 4.78 is 6.85. The number of rotatable bonds is 6. The summed E-state index contributed by atoms with van der Waals surface area (Å²) in [5, 5.41) is 8.42. The van der Waals surface area contributed by atoms with Crippen molar-refractivity contribution in [3.05, 3.63) is 40.2 Å². The van der Waals surface area contributed by atoms with Gasteiger partial charge in [-0.1, -0.05) is 23.4 Å². The number of anilines is 1. The number of carbonyl (C=O) groups excluding carboxylic acids is 1. The number of aromatic nitrogens is 4. The predicted molar refractivity (Wildman–Crippen MR) is 107 cm³/mol. The monoisotopic (exact) mass is 405 g/mol. The van der Waals surface area contributed by atoms with E-state index in [9.17, 15) is 4.79 Å². The molecule has 3 aromatic rings. The fraction of sp³-hybridized carbons (Fsp3) is 0.333. The molecule has 1 amide bonds. The molecule has 0 bridgehead atoms. The molecule has 2 aromatic heterocycles. The summed E-state index contributed by atoms with van der Waals surface area (Å²) in [6.45, 7) is 3.90. The van der Waals surface area contributed by atoms with Crippen LogP contribution in [0, 0.1) is 13.8 Å². The number of hydrogen-bond donors (Lipinski definition) is 1. The molecular weight excluding hydrogens is 386 g/mol. The van der Waals surface area contributed by atoms with Gasteiger partial charge in [0.15, 0.2) is 0 Å². The number of methoxy groups -OCH3 is 1. The van der Waals surface area contributed by atoms with Crippen LogP contribution in [0.5, 0.6) is 5.75 Å². The Hall–Kier alpha value is -2.32. The molecule has 0 atom stereocenters. The molecule has 0 saturated heterocycles. The van der Waals surface area contributed by atoms with E-state index >= 15 is 0 Å². The number of amides is 1. The number of nitrogens with one attached hydrogen (secondary N) is 1. The van der Waals surface area contributed by atoms with Crippen molar-refractivity contribution in [2.45, 2.75) is 31.8 Å². The van der Waals surface area contributed by atoms with Crippen LogP contribution in [-0.4, -0.2) is 38.9 Å². The molecule has 1 N–H and O–H groups in total. The van der Waals surface area contributed by atoms with Gasteiger partial charge in [-0.25, -0.2) is 9.50 Å². The second-order valence-corrected chi connectivity index (χ2v) is 7.15. The highest BCUT2D eigenvalue weighted by molar-refractivity contribution is 7.98. The fourth-order valence-electron chi connectivity index (χ4n) is 2.84. The lowest BCUT2D eigenvalue weighted by atomic mass is 10.1. The molecule has 0 fully saturated rings. The Morgan fingerprint density at radius 3 is 2.78 bits per heavy atom. The fourth-order valence-corrected chi connectivity index (χ4v) is 3.44. The van der Waals surface area contributed by atoms with E-state index in [1.165, 1.54) is 11.8 Å². The third-order valence-corrected chi connectivity index (χ3v) is 5.08. The van der Waals surface area contributed by atoms with E-state index < -0.39 is 0 Å². The first kappa shape index (κ1) is 19.4. The number of thioether (sulfide) groups is 1. The molecule has 0 aliphatic carbocycles. The zero-order chi connectivity index (χ0) is 19.6. The van der Waals surface area contributed by atoms with E-state index in [0.717, 1.165) is 17.0 Å². The number of aryl methyl sites for hydroxylation is 2. The first-order valence-electron chi connectivity index (χ1n) is 8.33. The van der Waals surface area contributed by atoms with Gasteiger partial charge < -0.3 is 10.1 Å². The maximum absolute atomic E-state index is 12.3. The zero-order valence-electron chi connectivity index (χ0n) is 15.5. The van der Waals surface area contributed by atoms with Crippen molar-refractivity contribution < 1.29 is 9.53 Å². The smallest absolute Gasteiger partial charge is 0.253 e. The summed E-state index contributed by atoms with van der Waals surface area (Å²) in [7, 11) is 1.55. The molecule has 1 aromatic carbocycles. The topological polar surface area (TPSA) is 81.4 Å². The number of hydrogen-bond acceptors (Lipinski definition) is 6. The molecule has 142 valence electrons. The highest BCUT2D eigenvalue weighted by atomic mass is 35.5. The molecule has 2 heterocycles. The average Bonchev–Trinajstić information content (AvgIpc) is 3.05. The normalized spacial score (nSPS) is 11.0. The maximum atomic E-state index is 12.3. The van der Waals surface area contributed by atoms with E-state index in [-0.39, 0.29) is 5.91 Å². The second-order valence-electron chi connectivity index (χ2n) is 5.97. The Morgan fingerprint density at radius 1 is 1.33 bits per heavy atom. The highest BCUT2D eigenvalue weighted by Crippen LogP contribution is 2.27. The highest BCUT2D eigenvalue weighted by Gasteiger charge is 2.14. The van der Waals surface area contributed by atoms with Crippen LogP contribution < -0.4 is 10.1 Å². The number of ether oxygens (including phenoxy) is 1. The third kappa shape index (κ3) is 4.17. The number of halogens is 1. The summed E-state index contributed by atoms with van der Waals surface area (Å²) in [4.78, 5) is 21.2. The third-order valence-electron chi connectivity index (χ3n) is 4.25. The predicted octanol–water partition coefficient (Wildman–Crippen LogP) is 3.70. The van der Waals surface area contributed by atoms with Crippen LogP contribution in [0.2, 0.25) is 5.02 Å². The van der Waals surface area contributed by atoms with Crippen LogP contribution in [-0.2, 0) is 11.2 Å². The van der Waals surface area contributed by atoms with E-state index in [2.05, 4.69) is 20.4 Å². The molecule has 0 aliphatic rings. The van der Waals surface area contributed by atoms with E-state index in [1.807, 2.05) is 20.1 Å². The average molecular weight is 406 g/mol. The summed E-state index contributed by atoms with van der Waals surface area (Å²) in [5.74, 6) is 1.05. The van der Waals surface area contributed by atoms with Crippen molar-refractivity contribution >= 4 is 40.7 Å². The van der Waals surface area contributed by atoms with E-state index in [0.29, 0.717) is 40.2 Å². The minimum atomic E-state index is -0.0986. The molecule has 3 rings (SSSR count). The Morgan fingerprint density at radius 2 is 2.11 bits per heavy atom. The van der Waals surface area contributed by atoms with Crippen molar-refractivity contribution in [3.63, 3.8) is 0 Å². The van der Waals surface area contributed by atoms with Crippen LogP contribution >= 0.6 is 23.4 Å². The molecule has 0 saturated carbocycles. The van der Waals surface area contributed by atoms with Gasteiger partial charge in [0.1, 0.15) is 5.75 Å². The quantitative estimate of drug-likeness (QED) is 0.630. The van der Waals surface area contributed by atoms with Gasteiger partial charge in [0.2, 0.25) is 11.1 Å². The lowest BCUT2D eigenvalue weighted by molar-refractivity contribution is -0.116. The Bertz CT molecular complexity index is 1010. The van der Waals surface area contributed by atoms with Crippen molar-refractivity contribution in [1.82, 2.24) is 19.6 Å². The van der Waals surface area contributed by atoms with Gasteiger partial charge in [-0.3, -0.25) is 4.79 Å². The molecule has 0 spiro atoms. The van der Waals surface area contributed by atoms with E-state index in [4.69, 9.17) is 16.3 Å². The lowest BCUT2D eigenvalue weighted by Crippen LogP contribution is -2.14. The number of carbonyl (C=O) groups is 1. The minimum absolute atomic E-state index is 0.0986. The largest absolute Gasteiger partial charge is 0.495 e. The molecule has 0 unspecified atom stereocenters. The summed E-state index contributed by atoms with van der Waals surface area (Å²) in [6, 6.07) is 5.14. The van der Waals surface area contributed by atoms with Crippen molar-refractivity contribution in [2.75, 3.05) is 18.7 Å². The van der Waals surface area contributed by atoms with Gasteiger partial charge in [-0.2, -0.15) is 4.98 Å². The van der Waals surface area contributed by atoms with Crippen LogP contribution in [0.1, 0.15) is 23.4 Å². The van der Waals surface area contributed by atoms with Crippen LogP contribution in [0.25, 0.3) is 5.78 Å².